The lowest BCUT2D eigenvalue weighted by Crippen LogP contribution is -2.38. The number of anilines is 1. The average molecular weight is 331 g/mol. The molecule has 1 aromatic rings. The largest absolute Gasteiger partial charge is 0.355 e. The van der Waals surface area contributed by atoms with Gasteiger partial charge in [0.25, 0.3) is 0 Å². The Kier molecular flexibility index (Phi) is 4.21. The highest BCUT2D eigenvalue weighted by Gasteiger charge is 2.22. The number of rotatable bonds is 3. The molecule has 2 heterocycles. The van der Waals surface area contributed by atoms with E-state index in [-0.39, 0.29) is 22.7 Å². The number of aromatic nitrogens is 1. The van der Waals surface area contributed by atoms with Gasteiger partial charge in [0.05, 0.1) is 22.4 Å². The second-order valence-electron chi connectivity index (χ2n) is 4.35. The Balaban J connectivity index is 1.97. The van der Waals surface area contributed by atoms with Crippen molar-refractivity contribution in [3.8, 4) is 0 Å². The van der Waals surface area contributed by atoms with Crippen molar-refractivity contribution >= 4 is 49.4 Å². The predicted octanol–water partition coefficient (Wildman–Crippen LogP) is 1.25. The molecule has 0 spiro atoms. The van der Waals surface area contributed by atoms with Gasteiger partial charge in [0, 0.05) is 12.3 Å². The third-order valence-corrected chi connectivity index (χ3v) is 5.37. The standard InChI is InChI=1S/C11H13N3O3S3/c1-6-9(7(2)15)19-11(12-6)14-10(18)13-8-3-4-20(16,17)5-8/h3-4,8H,5H2,1-2H3,(H2,12,13,14,18)/t8-/m0/s1. The molecule has 2 N–H and O–H groups in total. The number of sulfone groups is 1. The molecule has 0 saturated heterocycles. The highest BCUT2D eigenvalue weighted by Crippen LogP contribution is 2.22. The van der Waals surface area contributed by atoms with Gasteiger partial charge in [-0.05, 0) is 25.2 Å². The first kappa shape index (κ1) is 15.1. The van der Waals surface area contributed by atoms with Gasteiger partial charge in [0.15, 0.2) is 25.9 Å². The summed E-state index contributed by atoms with van der Waals surface area (Å²) in [6.07, 6.45) is 1.55. The fourth-order valence-electron chi connectivity index (χ4n) is 1.74. The van der Waals surface area contributed by atoms with Crippen LogP contribution in [0.25, 0.3) is 0 Å². The molecule has 0 aliphatic carbocycles. The first-order valence-electron chi connectivity index (χ1n) is 5.74. The lowest BCUT2D eigenvalue weighted by molar-refractivity contribution is 0.102. The molecular formula is C11H13N3O3S3. The van der Waals surface area contributed by atoms with E-state index in [0.717, 1.165) is 0 Å². The first-order valence-corrected chi connectivity index (χ1v) is 8.68. The molecule has 108 valence electrons. The van der Waals surface area contributed by atoms with Gasteiger partial charge in [0.1, 0.15) is 0 Å². The molecule has 0 fully saturated rings. The minimum Gasteiger partial charge on any atom is -0.355 e. The summed E-state index contributed by atoms with van der Waals surface area (Å²) in [5, 5.41) is 7.70. The highest BCUT2D eigenvalue weighted by atomic mass is 32.2. The Labute approximate surface area is 126 Å². The zero-order valence-electron chi connectivity index (χ0n) is 10.8. The lowest BCUT2D eigenvalue weighted by atomic mass is 10.3. The average Bonchev–Trinajstić information content (AvgIpc) is 2.81. The Hall–Kier alpha value is -1.32. The Morgan fingerprint density at radius 2 is 2.25 bits per heavy atom. The van der Waals surface area contributed by atoms with E-state index < -0.39 is 9.84 Å². The van der Waals surface area contributed by atoms with Crippen molar-refractivity contribution < 1.29 is 13.2 Å². The van der Waals surface area contributed by atoms with E-state index in [4.69, 9.17) is 12.2 Å². The minimum absolute atomic E-state index is 0.00951. The van der Waals surface area contributed by atoms with Gasteiger partial charge in [-0.1, -0.05) is 11.3 Å². The number of hydrogen-bond acceptors (Lipinski definition) is 6. The molecule has 9 heteroatoms. The number of carbonyl (C=O) groups excluding carboxylic acids is 1. The summed E-state index contributed by atoms with van der Waals surface area (Å²) in [7, 11) is -3.12. The van der Waals surface area contributed by atoms with Gasteiger partial charge >= 0.3 is 0 Å². The summed E-state index contributed by atoms with van der Waals surface area (Å²) in [4.78, 5) is 16.1. The number of aryl methyl sites for hydroxylation is 1. The number of ketones is 1. The number of nitrogens with zero attached hydrogens (tertiary/aromatic N) is 1. The Morgan fingerprint density at radius 3 is 2.75 bits per heavy atom. The van der Waals surface area contributed by atoms with Gasteiger partial charge in [-0.3, -0.25) is 4.79 Å². The normalized spacial score (nSPS) is 19.8. The summed E-state index contributed by atoms with van der Waals surface area (Å²) in [5.74, 6) is -0.0542. The number of thiocarbonyl (C=S) groups is 1. The second-order valence-corrected chi connectivity index (χ2v) is 7.69. The van der Waals surface area contributed by atoms with Crippen molar-refractivity contribution in [1.82, 2.24) is 10.3 Å². The maximum absolute atomic E-state index is 11.3. The van der Waals surface area contributed by atoms with E-state index in [9.17, 15) is 13.2 Å². The van der Waals surface area contributed by atoms with E-state index in [1.807, 2.05) is 0 Å². The van der Waals surface area contributed by atoms with Crippen LogP contribution in [0.1, 0.15) is 22.3 Å². The maximum Gasteiger partial charge on any atom is 0.189 e. The van der Waals surface area contributed by atoms with Crippen LogP contribution in [0.5, 0.6) is 0 Å². The van der Waals surface area contributed by atoms with Crippen LogP contribution in [0, 0.1) is 6.92 Å². The molecule has 0 saturated carbocycles. The van der Waals surface area contributed by atoms with Gasteiger partial charge in [-0.2, -0.15) is 0 Å². The van der Waals surface area contributed by atoms with Crippen LogP contribution < -0.4 is 10.6 Å². The fourth-order valence-corrected chi connectivity index (χ4v) is 4.16. The molecule has 0 unspecified atom stereocenters. The minimum atomic E-state index is -3.12. The molecule has 0 aromatic carbocycles. The highest BCUT2D eigenvalue weighted by molar-refractivity contribution is 7.94. The van der Waals surface area contributed by atoms with Crippen LogP contribution in [0.3, 0.4) is 0 Å². The van der Waals surface area contributed by atoms with Crippen LogP contribution in [0.4, 0.5) is 5.13 Å². The number of nitrogens with one attached hydrogen (secondary N) is 2. The fraction of sp³-hybridized carbons (Fsp3) is 0.364. The molecule has 1 aliphatic rings. The molecule has 2 rings (SSSR count). The summed E-state index contributed by atoms with van der Waals surface area (Å²) in [6, 6.07) is -0.340. The van der Waals surface area contributed by atoms with Crippen molar-refractivity contribution in [3.63, 3.8) is 0 Å². The third-order valence-electron chi connectivity index (χ3n) is 2.58. The van der Waals surface area contributed by atoms with Crippen LogP contribution >= 0.6 is 23.6 Å². The molecule has 1 aliphatic heterocycles. The van der Waals surface area contributed by atoms with E-state index in [1.165, 1.54) is 23.7 Å². The summed E-state index contributed by atoms with van der Waals surface area (Å²) >= 11 is 6.31. The Bertz CT molecular complexity index is 691. The van der Waals surface area contributed by atoms with Crippen LogP contribution in [-0.2, 0) is 9.84 Å². The molecule has 1 atom stereocenters. The number of carbonyl (C=O) groups is 1. The van der Waals surface area contributed by atoms with E-state index in [1.54, 1.807) is 13.0 Å². The number of hydrogen-bond donors (Lipinski definition) is 2. The zero-order valence-corrected chi connectivity index (χ0v) is 13.3. The van der Waals surface area contributed by atoms with Gasteiger partial charge in [-0.15, -0.1) is 0 Å². The molecule has 6 nitrogen and oxygen atoms in total. The van der Waals surface area contributed by atoms with E-state index >= 15 is 0 Å². The zero-order chi connectivity index (χ0) is 14.9. The quantitative estimate of drug-likeness (QED) is 0.636. The smallest absolute Gasteiger partial charge is 0.189 e. The van der Waals surface area contributed by atoms with Crippen molar-refractivity contribution in [2.45, 2.75) is 19.9 Å². The molecule has 0 radical (unpaired) electrons. The molecule has 20 heavy (non-hydrogen) atoms. The van der Waals surface area contributed by atoms with Gasteiger partial charge in [-0.25, -0.2) is 13.4 Å². The van der Waals surface area contributed by atoms with E-state index in [0.29, 0.717) is 15.7 Å². The van der Waals surface area contributed by atoms with Crippen LogP contribution in [-0.4, -0.2) is 36.1 Å². The van der Waals surface area contributed by atoms with Crippen LogP contribution in [0.2, 0.25) is 0 Å². The molecular weight excluding hydrogens is 318 g/mol. The number of Topliss-reactive ketones (excluding diaryl/α,β-unsaturated/α-hetero) is 1. The summed E-state index contributed by atoms with van der Waals surface area (Å²) < 4.78 is 22.5. The lowest BCUT2D eigenvalue weighted by Gasteiger charge is -2.12. The first-order chi connectivity index (χ1) is 9.27. The summed E-state index contributed by atoms with van der Waals surface area (Å²) in [6.45, 7) is 3.23. The third kappa shape index (κ3) is 3.62. The van der Waals surface area contributed by atoms with Gasteiger partial charge < -0.3 is 10.6 Å². The monoisotopic (exact) mass is 331 g/mol. The van der Waals surface area contributed by atoms with Crippen molar-refractivity contribution in [3.05, 3.63) is 22.1 Å². The van der Waals surface area contributed by atoms with Crippen LogP contribution in [0.15, 0.2) is 11.5 Å². The van der Waals surface area contributed by atoms with Crippen molar-refractivity contribution in [2.75, 3.05) is 11.1 Å². The van der Waals surface area contributed by atoms with Gasteiger partial charge in [0.2, 0.25) is 0 Å². The number of thiazole rings is 1. The van der Waals surface area contributed by atoms with Crippen molar-refractivity contribution in [2.24, 2.45) is 0 Å². The molecule has 0 amide bonds. The SMILES string of the molecule is CC(=O)c1sc(NC(=S)N[C@H]2C=CS(=O)(=O)C2)nc1C. The second kappa shape index (κ2) is 5.58. The topological polar surface area (TPSA) is 88.2 Å². The maximum atomic E-state index is 11.3. The summed E-state index contributed by atoms with van der Waals surface area (Å²) in [5.41, 5.74) is 0.649. The van der Waals surface area contributed by atoms with E-state index in [2.05, 4.69) is 15.6 Å². The predicted molar refractivity (Wildman–Crippen MR) is 82.9 cm³/mol. The molecule has 0 bridgehead atoms. The molecule has 1 aromatic heterocycles. The van der Waals surface area contributed by atoms with Crippen molar-refractivity contribution in [1.29, 1.82) is 0 Å². The Morgan fingerprint density at radius 1 is 1.55 bits per heavy atom.